The van der Waals surface area contributed by atoms with Crippen LogP contribution in [0, 0.1) is 58.2 Å². The Morgan fingerprint density at radius 3 is 1.02 bits per heavy atom. The lowest BCUT2D eigenvalue weighted by Gasteiger charge is -2.27. The summed E-state index contributed by atoms with van der Waals surface area (Å²) >= 11 is 13.7. The minimum Gasteiger partial charge on any atom is -0.504 e. The number of aromatic amines is 4. The summed E-state index contributed by atoms with van der Waals surface area (Å²) < 4.78 is 181. The molecule has 0 radical (unpaired) electrons. The van der Waals surface area contributed by atoms with E-state index in [9.17, 15) is 86.9 Å². The maximum Gasteiger partial charge on any atom is 0.429 e. The average molecular weight is 1930 g/mol. The lowest BCUT2D eigenvalue weighted by atomic mass is 9.85. The van der Waals surface area contributed by atoms with Gasteiger partial charge in [-0.15, -0.1) is 29.9 Å². The van der Waals surface area contributed by atoms with E-state index >= 15 is 0 Å². The first-order chi connectivity index (χ1) is 59.4. The van der Waals surface area contributed by atoms with E-state index < -0.39 is 113 Å². The molecule has 128 heavy (non-hydrogen) atoms. The van der Waals surface area contributed by atoms with Crippen molar-refractivity contribution in [1.82, 2.24) is 37.8 Å². The zero-order chi connectivity index (χ0) is 95.3. The number of furan rings is 3. The molecular formula is C75H97Cl2F3N20O23S5+4. The van der Waals surface area contributed by atoms with E-state index in [4.69, 9.17) is 50.3 Å². The number of H-pyrrole nitrogens is 4. The van der Waals surface area contributed by atoms with Crippen molar-refractivity contribution in [3.63, 3.8) is 0 Å². The molecule has 696 valence electrons. The van der Waals surface area contributed by atoms with Crippen molar-refractivity contribution in [3.8, 4) is 23.0 Å². The highest BCUT2D eigenvalue weighted by Crippen LogP contribution is 2.47. The van der Waals surface area contributed by atoms with E-state index in [0.29, 0.717) is 28.3 Å². The second-order valence-corrected chi connectivity index (χ2v) is 41.7. The highest BCUT2D eigenvalue weighted by Gasteiger charge is 2.48. The number of alkyl halides is 3. The van der Waals surface area contributed by atoms with Gasteiger partial charge in [-0.25, -0.2) is 50.9 Å². The van der Waals surface area contributed by atoms with E-state index in [2.05, 4.69) is 62.5 Å². The molecule has 0 saturated heterocycles. The van der Waals surface area contributed by atoms with Gasteiger partial charge in [-0.05, 0) is 151 Å². The summed E-state index contributed by atoms with van der Waals surface area (Å²) in [5.41, 5.74) is -0.768. The summed E-state index contributed by atoms with van der Waals surface area (Å²) in [6.07, 6.45) is -4.26. The van der Waals surface area contributed by atoms with Crippen LogP contribution in [0.4, 0.5) is 82.5 Å². The first-order valence-electron chi connectivity index (χ1n) is 37.8. The Labute approximate surface area is 743 Å². The standard InChI is InChI=1S/C20H26ClN5O6S.C20H27N5O5S2.C18H22ClN5O6S.C17H18F3N5O6S/c1-11-7-10-14(31-11)17(20(2,3)4)23-19-18(24-32-26(19)28)22-13-9-8-12(21)16(15(13)27)33(29,30)25(5)6;1-12-10-11-14(31-12)17(20(2,3)4)22-19-18(23-30-25(19)27)21-13-8-7-9-15(16(13)26)32(28,29)24(5)6;1-5-12(14-9-6-10(2)29-14)21-18-17(22-30-24(18)26)20-13-8-7-11(19)16(15(13)25)31(27,28)23(3)4;1-9-7-8-11(30-9)14(17(18,19)20)22-16-15(23-31-25(16)27)21-10-5-4-6-12(13(10)26)32(28,29)24(2)3/h7-10,17,23H,1-6H3,(H2-,22,24,27,28);7-11,17,22H,1-6H3,(H2-,21,23,26,27);6-9,12,21H,5H2,1-4H3,(H2-,20,22,25,26);4-8,14,22H,1-3H3,(H2-,21,23,26,27)/p+4/t2*17-;12-;14-/m0010/s1. The molecule has 0 aliphatic rings. The molecule has 0 saturated carbocycles. The number of phenols is 4. The van der Waals surface area contributed by atoms with Gasteiger partial charge in [-0.2, -0.15) is 13.2 Å². The van der Waals surface area contributed by atoms with Gasteiger partial charge >= 0.3 is 29.4 Å². The number of anilines is 12. The molecule has 4 atom stereocenters. The third-order valence-corrected chi connectivity index (χ3v) is 28.1. The molecule has 53 heteroatoms. The monoisotopic (exact) mass is 1930 g/mol. The lowest BCUT2D eigenvalue weighted by molar-refractivity contribution is -0.701. The maximum atomic E-state index is 13.6. The molecule has 8 heterocycles. The Bertz CT molecular complexity index is 6510. The molecule has 0 unspecified atom stereocenters. The number of hydrogen-bond donors (Lipinski definition) is 16. The summed E-state index contributed by atoms with van der Waals surface area (Å²) in [6, 6.07) is 23.7. The summed E-state index contributed by atoms with van der Waals surface area (Å²) in [5, 5.41) is 73.7. The van der Waals surface area contributed by atoms with Crippen molar-refractivity contribution in [1.29, 1.82) is 0 Å². The highest BCUT2D eigenvalue weighted by molar-refractivity contribution is 7.90. The number of thiophene rings is 1. The number of nitrogens with zero attached hydrogens (tertiary/aromatic N) is 8. The van der Waals surface area contributed by atoms with Crippen molar-refractivity contribution < 1.29 is 117 Å². The molecule has 8 aromatic heterocycles. The van der Waals surface area contributed by atoms with Crippen LogP contribution in [0.1, 0.15) is 123 Å². The predicted octanol–water partition coefficient (Wildman–Crippen LogP) is 13.9. The molecule has 12 rings (SSSR count). The molecule has 43 nitrogen and oxygen atoms in total. The topological polar surface area (TPSA) is 574 Å². The second kappa shape index (κ2) is 39.2. The van der Waals surface area contributed by atoms with Gasteiger partial charge in [-0.1, -0.05) is 104 Å². The van der Waals surface area contributed by atoms with Gasteiger partial charge in [0.1, 0.15) is 72.3 Å². The van der Waals surface area contributed by atoms with Crippen molar-refractivity contribution >= 4 is 144 Å². The third-order valence-electron chi connectivity index (χ3n) is 18.7. The van der Waals surface area contributed by atoms with E-state index in [1.54, 1.807) is 17.4 Å². The number of aromatic hydroxyl groups is 4. The molecular weight excluding hydrogens is 1840 g/mol. The van der Waals surface area contributed by atoms with Crippen molar-refractivity contribution in [2.45, 2.75) is 133 Å². The SMILES string of the molecule is CC[C@@H](Nc1c(Nc2ccc(Cl)c(S(=O)(=O)N(C)C)c2O)[nH]o[n+]1=O)c1ccc(C)o1.Cc1ccc([C@H](Nc2c(Nc3ccc(Cl)c(S(=O)(=O)N(C)C)c3O)[nH]o[n+]2=O)C(C)(C)C)o1.Cc1ccc([C@H](Nc2c(Nc3cccc(S(=O)(=O)N(C)C)c3O)[nH]o[n+]2=O)C(C)(C)C)s1.Cc1ccc([C@H](Nc2c(Nc3cccc(S(=O)(=O)N(C)C)c3O)[nH]o[n+]2=O)C(F)(F)F)o1. The van der Waals surface area contributed by atoms with E-state index in [1.807, 2.05) is 105 Å². The maximum absolute atomic E-state index is 13.6. The van der Waals surface area contributed by atoms with Gasteiger partial charge in [0.2, 0.25) is 46.1 Å². The van der Waals surface area contributed by atoms with Crippen LogP contribution in [-0.2, 0) is 40.1 Å². The van der Waals surface area contributed by atoms with E-state index in [1.165, 1.54) is 124 Å². The van der Waals surface area contributed by atoms with Crippen molar-refractivity contribution in [2.75, 3.05) is 98.9 Å². The zero-order valence-corrected chi connectivity index (χ0v) is 77.6. The number of benzene rings is 4. The number of halogens is 5. The van der Waals surface area contributed by atoms with Gasteiger partial charge in [-0.3, -0.25) is 21.3 Å². The average Bonchev–Trinajstić information content (AvgIpc) is 0.930. The van der Waals surface area contributed by atoms with Crippen LogP contribution in [0.15, 0.2) is 161 Å². The summed E-state index contributed by atoms with van der Waals surface area (Å²) in [7, 11) is -5.44. The molecule has 0 aliphatic carbocycles. The number of aromatic nitrogens is 8. The Morgan fingerprint density at radius 2 is 0.727 bits per heavy atom. The summed E-state index contributed by atoms with van der Waals surface area (Å²) in [4.78, 5) is 49.5. The Balaban J connectivity index is 0.000000193. The zero-order valence-electron chi connectivity index (χ0n) is 72.0. The molecule has 0 aliphatic heterocycles. The predicted molar refractivity (Wildman–Crippen MR) is 465 cm³/mol. The van der Waals surface area contributed by atoms with Crippen LogP contribution in [0.25, 0.3) is 0 Å². The highest BCUT2D eigenvalue weighted by atomic mass is 35.5. The van der Waals surface area contributed by atoms with E-state index in [-0.39, 0.29) is 115 Å². The minimum absolute atomic E-state index is 0.00702. The van der Waals surface area contributed by atoms with Gasteiger partial charge in [0, 0.05) is 77.0 Å². The van der Waals surface area contributed by atoms with Crippen LogP contribution in [-0.4, -0.2) is 155 Å². The minimum atomic E-state index is -4.85. The molecule has 4 aromatic carbocycles. The first-order valence-corrected chi connectivity index (χ1v) is 45.2. The number of sulfonamides is 4. The molecule has 0 amide bonds. The number of phenolic OH excluding ortho intramolecular Hbond substituents is 4. The van der Waals surface area contributed by atoms with Crippen LogP contribution < -0.4 is 60.9 Å². The number of para-hydroxylation sites is 2. The van der Waals surface area contributed by atoms with Gasteiger partial charge in [0.05, 0.1) is 32.8 Å². The largest absolute Gasteiger partial charge is 0.504 e. The van der Waals surface area contributed by atoms with Crippen LogP contribution in [0.5, 0.6) is 23.0 Å². The second-order valence-electron chi connectivity index (χ2n) is 31.1. The van der Waals surface area contributed by atoms with Crippen molar-refractivity contribution in [2.24, 2.45) is 10.8 Å². The summed E-state index contributed by atoms with van der Waals surface area (Å²) in [6.45, 7) is 21.1. The van der Waals surface area contributed by atoms with Gasteiger partial charge in [0.25, 0.3) is 23.3 Å². The lowest BCUT2D eigenvalue weighted by Crippen LogP contribution is -2.31. The fourth-order valence-corrected chi connectivity index (χ4v) is 18.0. The normalized spacial score (nSPS) is 13.2. The first kappa shape index (κ1) is 99.6. The Hall–Kier alpha value is -12.2. The smallest absolute Gasteiger partial charge is 0.429 e. The molecule has 0 bridgehead atoms. The molecule has 0 fully saturated rings. The summed E-state index contributed by atoms with van der Waals surface area (Å²) in [5.74, 6) is -0.861. The number of nitrogens with one attached hydrogen (secondary N) is 12. The number of rotatable bonds is 29. The van der Waals surface area contributed by atoms with Crippen LogP contribution in [0.3, 0.4) is 0 Å². The molecule has 0 spiro atoms. The van der Waals surface area contributed by atoms with Crippen LogP contribution >= 0.6 is 34.5 Å². The molecule has 16 N–H and O–H groups in total. The third kappa shape index (κ3) is 22.5. The number of hydrogen-bond acceptors (Lipinski definition) is 32. The van der Waals surface area contributed by atoms with Crippen molar-refractivity contribution in [3.05, 3.63) is 183 Å². The van der Waals surface area contributed by atoms with Crippen LogP contribution in [0.2, 0.25) is 10.0 Å². The van der Waals surface area contributed by atoms with E-state index in [0.717, 1.165) is 44.9 Å². The fraction of sp³-hybridized carbons (Fsp3) is 0.360. The molecule has 12 aromatic rings. The fourth-order valence-electron chi connectivity index (χ4n) is 11.8. The van der Waals surface area contributed by atoms with Gasteiger partial charge in [0.15, 0.2) is 41.4 Å². The Kier molecular flexibility index (Phi) is 30.5. The van der Waals surface area contributed by atoms with Gasteiger partial charge < -0.3 is 54.9 Å². The Morgan fingerprint density at radius 1 is 0.414 bits per heavy atom. The quantitative estimate of drug-likeness (QED) is 0.0194. The number of aryl methyl sites for hydroxylation is 4.